The number of rotatable bonds is 6. The quantitative estimate of drug-likeness (QED) is 0.628. The van der Waals surface area contributed by atoms with E-state index >= 15 is 0 Å². The number of nitrogens with one attached hydrogen (secondary N) is 1. The van der Waals surface area contributed by atoms with E-state index in [1.807, 2.05) is 0 Å². The molecule has 2 aromatic carbocycles. The van der Waals surface area contributed by atoms with Crippen LogP contribution in [-0.4, -0.2) is 30.9 Å². The Hall–Kier alpha value is -2.73. The van der Waals surface area contributed by atoms with Crippen LogP contribution in [0.4, 0.5) is 0 Å². The second-order valence-electron chi connectivity index (χ2n) is 4.43. The number of methoxy groups -OCH3 is 1. The molecule has 0 heterocycles. The summed E-state index contributed by atoms with van der Waals surface area (Å²) >= 11 is 5.75. The molecule has 0 unspecified atom stereocenters. The van der Waals surface area contributed by atoms with Crippen LogP contribution in [0.25, 0.3) is 0 Å². The molecular weight excluding hydrogens is 320 g/mol. The van der Waals surface area contributed by atoms with Crippen molar-refractivity contribution in [2.75, 3.05) is 13.7 Å². The maximum atomic E-state index is 11.6. The Labute approximate surface area is 138 Å². The van der Waals surface area contributed by atoms with Crippen LogP contribution in [0.15, 0.2) is 47.6 Å². The predicted octanol–water partition coefficient (Wildman–Crippen LogP) is 2.58. The lowest BCUT2D eigenvalue weighted by molar-refractivity contribution is -0.123. The molecule has 2 aromatic rings. The molecule has 23 heavy (non-hydrogen) atoms. The number of phenolic OH excluding ortho intramolecular Hbond substituents is 1. The third-order valence-electron chi connectivity index (χ3n) is 2.83. The summed E-state index contributed by atoms with van der Waals surface area (Å²) in [6.07, 6.45) is 1.32. The molecule has 2 rings (SSSR count). The molecule has 0 saturated heterocycles. The Morgan fingerprint density at radius 2 is 2.04 bits per heavy atom. The molecule has 7 heteroatoms. The van der Waals surface area contributed by atoms with Crippen LogP contribution in [0.1, 0.15) is 5.56 Å². The summed E-state index contributed by atoms with van der Waals surface area (Å²) < 4.78 is 10.3. The number of halogens is 1. The van der Waals surface area contributed by atoms with Crippen molar-refractivity contribution >= 4 is 23.7 Å². The van der Waals surface area contributed by atoms with Crippen LogP contribution in [0.2, 0.25) is 5.02 Å². The van der Waals surface area contributed by atoms with E-state index in [0.717, 1.165) is 0 Å². The summed E-state index contributed by atoms with van der Waals surface area (Å²) in [6, 6.07) is 11.6. The van der Waals surface area contributed by atoms with Gasteiger partial charge in [-0.25, -0.2) is 5.43 Å². The molecule has 0 fully saturated rings. The van der Waals surface area contributed by atoms with Crippen LogP contribution in [0, 0.1) is 0 Å². The van der Waals surface area contributed by atoms with Crippen molar-refractivity contribution in [3.05, 3.63) is 53.1 Å². The lowest BCUT2D eigenvalue weighted by Crippen LogP contribution is -2.24. The van der Waals surface area contributed by atoms with Crippen molar-refractivity contribution in [1.29, 1.82) is 0 Å². The Kier molecular flexibility index (Phi) is 5.82. The molecule has 0 aromatic heterocycles. The molecule has 0 atom stereocenters. The van der Waals surface area contributed by atoms with Gasteiger partial charge >= 0.3 is 0 Å². The number of nitrogens with zero attached hydrogens (tertiary/aromatic N) is 1. The van der Waals surface area contributed by atoms with E-state index in [1.54, 1.807) is 42.5 Å². The van der Waals surface area contributed by atoms with Crippen molar-refractivity contribution in [2.45, 2.75) is 0 Å². The Balaban J connectivity index is 1.85. The van der Waals surface area contributed by atoms with E-state index in [0.29, 0.717) is 22.1 Å². The smallest absolute Gasteiger partial charge is 0.277 e. The van der Waals surface area contributed by atoms with Crippen LogP contribution in [-0.2, 0) is 4.79 Å². The van der Waals surface area contributed by atoms with Gasteiger partial charge in [-0.05, 0) is 36.4 Å². The number of para-hydroxylation sites is 1. The second kappa shape index (κ2) is 8.05. The molecule has 0 radical (unpaired) electrons. The van der Waals surface area contributed by atoms with E-state index in [9.17, 15) is 9.90 Å². The predicted molar refractivity (Wildman–Crippen MR) is 87.3 cm³/mol. The number of ether oxygens (including phenoxy) is 2. The Morgan fingerprint density at radius 1 is 1.30 bits per heavy atom. The van der Waals surface area contributed by atoms with Crippen molar-refractivity contribution in [2.24, 2.45) is 5.10 Å². The third-order valence-corrected chi connectivity index (χ3v) is 3.08. The molecule has 0 spiro atoms. The first-order valence-corrected chi connectivity index (χ1v) is 7.04. The Bertz CT molecular complexity index is 702. The van der Waals surface area contributed by atoms with Crippen molar-refractivity contribution in [3.8, 4) is 17.2 Å². The van der Waals surface area contributed by atoms with Gasteiger partial charge in [0.15, 0.2) is 18.1 Å². The fourth-order valence-electron chi connectivity index (χ4n) is 1.69. The van der Waals surface area contributed by atoms with E-state index < -0.39 is 5.91 Å². The van der Waals surface area contributed by atoms with Gasteiger partial charge in [0.2, 0.25) is 0 Å². The zero-order chi connectivity index (χ0) is 16.7. The lowest BCUT2D eigenvalue weighted by Gasteiger charge is -2.06. The van der Waals surface area contributed by atoms with Gasteiger partial charge in [-0.1, -0.05) is 17.7 Å². The monoisotopic (exact) mass is 334 g/mol. The number of hydrazone groups is 1. The highest BCUT2D eigenvalue weighted by Gasteiger charge is 2.05. The maximum absolute atomic E-state index is 11.6. The lowest BCUT2D eigenvalue weighted by atomic mass is 10.2. The molecule has 120 valence electrons. The average molecular weight is 335 g/mol. The summed E-state index contributed by atoms with van der Waals surface area (Å²) in [5.74, 6) is 0.370. The molecule has 6 nitrogen and oxygen atoms in total. The fourth-order valence-corrected chi connectivity index (χ4v) is 1.82. The van der Waals surface area contributed by atoms with Crippen molar-refractivity contribution in [3.63, 3.8) is 0 Å². The highest BCUT2D eigenvalue weighted by atomic mass is 35.5. The van der Waals surface area contributed by atoms with Gasteiger partial charge in [0.1, 0.15) is 5.75 Å². The van der Waals surface area contributed by atoms with Crippen molar-refractivity contribution in [1.82, 2.24) is 5.43 Å². The molecule has 2 N–H and O–H groups in total. The normalized spacial score (nSPS) is 10.5. The van der Waals surface area contributed by atoms with Gasteiger partial charge in [-0.15, -0.1) is 0 Å². The zero-order valence-corrected chi connectivity index (χ0v) is 13.1. The van der Waals surface area contributed by atoms with Crippen LogP contribution >= 0.6 is 11.6 Å². The fraction of sp³-hybridized carbons (Fsp3) is 0.125. The van der Waals surface area contributed by atoms with Crippen LogP contribution in [0.5, 0.6) is 17.2 Å². The largest absolute Gasteiger partial charge is 0.504 e. The SMILES string of the molecule is COc1cccc(C=NNC(=O)COc2ccc(Cl)cc2)c1O. The van der Waals surface area contributed by atoms with E-state index in [-0.39, 0.29) is 12.4 Å². The van der Waals surface area contributed by atoms with Gasteiger partial charge in [-0.3, -0.25) is 4.79 Å². The maximum Gasteiger partial charge on any atom is 0.277 e. The first-order valence-electron chi connectivity index (χ1n) is 6.66. The number of benzene rings is 2. The number of carbonyl (C=O) groups is 1. The first-order chi connectivity index (χ1) is 11.1. The topological polar surface area (TPSA) is 80.2 Å². The van der Waals surface area contributed by atoms with Crippen molar-refractivity contribution < 1.29 is 19.4 Å². The molecule has 0 aliphatic rings. The van der Waals surface area contributed by atoms with E-state index in [4.69, 9.17) is 21.1 Å². The number of hydrogen-bond acceptors (Lipinski definition) is 5. The molecule has 0 aliphatic heterocycles. The number of amides is 1. The van der Waals surface area contributed by atoms with Gasteiger partial charge < -0.3 is 14.6 Å². The minimum atomic E-state index is -0.432. The van der Waals surface area contributed by atoms with E-state index in [2.05, 4.69) is 10.5 Å². The summed E-state index contributed by atoms with van der Waals surface area (Å²) in [4.78, 5) is 11.6. The van der Waals surface area contributed by atoms with Crippen LogP contribution < -0.4 is 14.9 Å². The highest BCUT2D eigenvalue weighted by molar-refractivity contribution is 6.30. The molecule has 0 bridgehead atoms. The Morgan fingerprint density at radius 3 is 2.74 bits per heavy atom. The molecule has 0 aliphatic carbocycles. The average Bonchev–Trinajstić information content (AvgIpc) is 2.56. The first kappa shape index (κ1) is 16.6. The number of hydrogen-bond donors (Lipinski definition) is 2. The summed E-state index contributed by atoms with van der Waals surface area (Å²) in [6.45, 7) is -0.191. The second-order valence-corrected chi connectivity index (χ2v) is 4.87. The van der Waals surface area contributed by atoms with Gasteiger partial charge in [0.05, 0.1) is 13.3 Å². The molecule has 0 saturated carbocycles. The summed E-state index contributed by atoms with van der Waals surface area (Å²) in [5, 5.41) is 14.2. The summed E-state index contributed by atoms with van der Waals surface area (Å²) in [7, 11) is 1.45. The third kappa shape index (κ3) is 4.89. The minimum absolute atomic E-state index is 0.0505. The minimum Gasteiger partial charge on any atom is -0.504 e. The van der Waals surface area contributed by atoms with Gasteiger partial charge in [0.25, 0.3) is 5.91 Å². The van der Waals surface area contributed by atoms with Gasteiger partial charge in [0, 0.05) is 10.6 Å². The standard InChI is InChI=1S/C16H15ClN2O4/c1-22-14-4-2-3-11(16(14)21)9-18-19-15(20)10-23-13-7-5-12(17)6-8-13/h2-9,21H,10H2,1H3,(H,19,20). The number of aromatic hydroxyl groups is 1. The number of carbonyl (C=O) groups excluding carboxylic acids is 1. The molecule has 1 amide bonds. The number of phenols is 1. The highest BCUT2D eigenvalue weighted by Crippen LogP contribution is 2.27. The summed E-state index contributed by atoms with van der Waals surface area (Å²) in [5.41, 5.74) is 2.72. The van der Waals surface area contributed by atoms with Crippen LogP contribution in [0.3, 0.4) is 0 Å². The van der Waals surface area contributed by atoms with E-state index in [1.165, 1.54) is 13.3 Å². The van der Waals surface area contributed by atoms with Gasteiger partial charge in [-0.2, -0.15) is 5.10 Å². The molecular formula is C16H15ClN2O4. The zero-order valence-electron chi connectivity index (χ0n) is 12.3.